The van der Waals surface area contributed by atoms with Gasteiger partial charge in [-0.05, 0) is 43.9 Å². The Bertz CT molecular complexity index is 1200. The zero-order valence-electron chi connectivity index (χ0n) is 19.8. The highest BCUT2D eigenvalue weighted by Crippen LogP contribution is 2.41. The number of hydrogen-bond donors (Lipinski definition) is 2. The van der Waals surface area contributed by atoms with Crippen LogP contribution in [-0.2, 0) is 0 Å². The van der Waals surface area contributed by atoms with E-state index in [2.05, 4.69) is 45.8 Å². The van der Waals surface area contributed by atoms with Crippen molar-refractivity contribution in [2.24, 2.45) is 10.9 Å². The Hall–Kier alpha value is -3.55. The summed E-state index contributed by atoms with van der Waals surface area (Å²) in [5.74, 6) is -0.0253. The third kappa shape index (κ3) is 4.58. The van der Waals surface area contributed by atoms with Gasteiger partial charge in [-0.3, -0.25) is 5.10 Å². The molecule has 4 heterocycles. The molecule has 0 aliphatic carbocycles. The maximum atomic E-state index is 14.5. The van der Waals surface area contributed by atoms with Crippen LogP contribution in [0.2, 0.25) is 0 Å². The van der Waals surface area contributed by atoms with E-state index in [-0.39, 0.29) is 11.4 Å². The van der Waals surface area contributed by atoms with Crippen LogP contribution < -0.4 is 10.2 Å². The van der Waals surface area contributed by atoms with Gasteiger partial charge in [0.1, 0.15) is 23.3 Å². The molecule has 3 aromatic rings. The zero-order valence-corrected chi connectivity index (χ0v) is 19.8. The summed E-state index contributed by atoms with van der Waals surface area (Å²) >= 11 is 0. The van der Waals surface area contributed by atoms with Gasteiger partial charge in [0.25, 0.3) is 0 Å². The third-order valence-corrected chi connectivity index (χ3v) is 5.85. The average molecular weight is 465 g/mol. The van der Waals surface area contributed by atoms with E-state index in [0.29, 0.717) is 28.7 Å². The molecular formula is C26H30F2N6. The molecule has 0 radical (unpaired) electrons. The maximum Gasteiger partial charge on any atom is 0.144 e. The molecule has 2 N–H and O–H groups in total. The molecule has 8 heteroatoms. The molecule has 1 atom stereocenters. The summed E-state index contributed by atoms with van der Waals surface area (Å²) in [6, 6.07) is 5.73. The van der Waals surface area contributed by atoms with E-state index in [4.69, 9.17) is 4.98 Å². The van der Waals surface area contributed by atoms with Gasteiger partial charge in [0, 0.05) is 18.7 Å². The predicted molar refractivity (Wildman–Crippen MR) is 134 cm³/mol. The molecule has 0 amide bonds. The number of fused-ring (bicyclic) bond motifs is 3. The molecule has 2 aliphatic heterocycles. The van der Waals surface area contributed by atoms with Gasteiger partial charge in [-0.1, -0.05) is 32.4 Å². The Morgan fingerprint density at radius 1 is 1.24 bits per heavy atom. The van der Waals surface area contributed by atoms with Gasteiger partial charge in [-0.15, -0.1) is 6.58 Å². The number of aryl methyl sites for hydroxylation is 1. The lowest BCUT2D eigenvalue weighted by atomic mass is 9.98. The summed E-state index contributed by atoms with van der Waals surface area (Å²) in [6.45, 7) is 11.8. The molecule has 2 aromatic heterocycles. The van der Waals surface area contributed by atoms with Gasteiger partial charge in [-0.25, -0.2) is 18.8 Å². The van der Waals surface area contributed by atoms with Crippen LogP contribution in [0.4, 0.5) is 26.0 Å². The van der Waals surface area contributed by atoms with Crippen molar-refractivity contribution in [2.45, 2.75) is 40.0 Å². The van der Waals surface area contributed by atoms with Crippen LogP contribution in [0.3, 0.4) is 0 Å². The van der Waals surface area contributed by atoms with E-state index in [1.165, 1.54) is 24.6 Å². The second-order valence-electron chi connectivity index (χ2n) is 8.59. The minimum Gasteiger partial charge on any atom is -0.356 e. The lowest BCUT2D eigenvalue weighted by molar-refractivity contribution is 0.483. The number of amidine groups is 1. The third-order valence-electron chi connectivity index (χ3n) is 5.85. The Morgan fingerprint density at radius 3 is 2.68 bits per heavy atom. The SMILES string of the molecule is C=CC1CCCN(c2cc3c(c(C)n2)N=C(c2c(F)cccc2F)Nc2cn[nH]c2-3)C1.CCC. The molecule has 5 rings (SSSR count). The first kappa shape index (κ1) is 23.6. The number of benzene rings is 1. The van der Waals surface area contributed by atoms with Crippen LogP contribution in [-0.4, -0.2) is 34.1 Å². The fourth-order valence-corrected chi connectivity index (χ4v) is 4.25. The largest absolute Gasteiger partial charge is 0.356 e. The van der Waals surface area contributed by atoms with Crippen LogP contribution in [0.25, 0.3) is 11.3 Å². The van der Waals surface area contributed by atoms with Crippen LogP contribution >= 0.6 is 0 Å². The van der Waals surface area contributed by atoms with E-state index in [1.807, 2.05) is 19.1 Å². The number of rotatable bonds is 3. The Morgan fingerprint density at radius 2 is 1.97 bits per heavy atom. The van der Waals surface area contributed by atoms with Gasteiger partial charge in [-0.2, -0.15) is 5.10 Å². The number of aromatic amines is 1. The normalized spacial score (nSPS) is 16.8. The van der Waals surface area contributed by atoms with E-state index in [9.17, 15) is 8.78 Å². The molecule has 6 nitrogen and oxygen atoms in total. The minimum atomic E-state index is -0.689. The van der Waals surface area contributed by atoms with Gasteiger partial charge >= 0.3 is 0 Å². The first-order valence-electron chi connectivity index (χ1n) is 11.7. The molecule has 2 aliphatic rings. The van der Waals surface area contributed by atoms with Crippen molar-refractivity contribution in [1.29, 1.82) is 0 Å². The average Bonchev–Trinajstić information content (AvgIpc) is 3.22. The highest BCUT2D eigenvalue weighted by molar-refractivity contribution is 6.13. The number of nitrogens with zero attached hydrogens (tertiary/aromatic N) is 4. The highest BCUT2D eigenvalue weighted by atomic mass is 19.1. The molecule has 34 heavy (non-hydrogen) atoms. The highest BCUT2D eigenvalue weighted by Gasteiger charge is 2.26. The number of pyridine rings is 1. The molecule has 1 fully saturated rings. The number of halogens is 2. The van der Waals surface area contributed by atoms with Crippen molar-refractivity contribution in [1.82, 2.24) is 15.2 Å². The van der Waals surface area contributed by atoms with E-state index >= 15 is 0 Å². The molecule has 0 saturated carbocycles. The van der Waals surface area contributed by atoms with E-state index in [1.54, 1.807) is 6.20 Å². The molecule has 1 unspecified atom stereocenters. The molecular weight excluding hydrogens is 434 g/mol. The molecule has 0 bridgehead atoms. The number of aliphatic imine (C=N–C) groups is 1. The van der Waals surface area contributed by atoms with Crippen molar-refractivity contribution in [3.63, 3.8) is 0 Å². The van der Waals surface area contributed by atoms with E-state index in [0.717, 1.165) is 37.3 Å². The predicted octanol–water partition coefficient (Wildman–Crippen LogP) is 6.38. The van der Waals surface area contributed by atoms with Gasteiger partial charge in [0.2, 0.25) is 0 Å². The number of anilines is 2. The fourth-order valence-electron chi connectivity index (χ4n) is 4.25. The maximum absolute atomic E-state index is 14.5. The lowest BCUT2D eigenvalue weighted by Crippen LogP contribution is -2.35. The number of H-pyrrole nitrogens is 1. The van der Waals surface area contributed by atoms with Crippen LogP contribution in [0.1, 0.15) is 44.4 Å². The van der Waals surface area contributed by atoms with Crippen LogP contribution in [0.5, 0.6) is 0 Å². The monoisotopic (exact) mass is 464 g/mol. The standard InChI is InChI=1S/C23H22F2N6.C3H8/c1-3-14-6-5-9-31(12-14)19-10-15-21(13(2)27-19)29-23(28-18-11-26-30-22(15)18)20-16(24)7-4-8-17(20)25;1-3-2/h3-4,7-8,10-11,14H,1,5-6,9,12H2,2H3,(H,26,30)(H,28,29);3H2,1-2H3. The van der Waals surface area contributed by atoms with Gasteiger partial charge < -0.3 is 10.2 Å². The number of nitrogens with one attached hydrogen (secondary N) is 2. The second-order valence-corrected chi connectivity index (χ2v) is 8.59. The van der Waals surface area contributed by atoms with Gasteiger partial charge in [0.05, 0.1) is 34.5 Å². The van der Waals surface area contributed by atoms with Crippen molar-refractivity contribution in [3.8, 4) is 11.3 Å². The van der Waals surface area contributed by atoms with Crippen LogP contribution in [0, 0.1) is 24.5 Å². The summed E-state index contributed by atoms with van der Waals surface area (Å²) in [4.78, 5) is 11.6. The Labute approximate surface area is 198 Å². The molecule has 1 saturated heterocycles. The van der Waals surface area contributed by atoms with E-state index < -0.39 is 11.6 Å². The first-order valence-corrected chi connectivity index (χ1v) is 11.7. The topological polar surface area (TPSA) is 69.2 Å². The summed E-state index contributed by atoms with van der Waals surface area (Å²) < 4.78 is 29.0. The smallest absolute Gasteiger partial charge is 0.144 e. The zero-order chi connectivity index (χ0) is 24.2. The van der Waals surface area contributed by atoms with Gasteiger partial charge in [0.15, 0.2) is 0 Å². The summed E-state index contributed by atoms with van der Waals surface area (Å²) in [5.41, 5.74) is 3.10. The Kier molecular flexibility index (Phi) is 7.05. The first-order chi connectivity index (χ1) is 16.5. The minimum absolute atomic E-state index is 0.0827. The number of aromatic nitrogens is 3. The van der Waals surface area contributed by atoms with Crippen molar-refractivity contribution >= 4 is 23.0 Å². The summed E-state index contributed by atoms with van der Waals surface area (Å²) in [5, 5.41) is 10.2. The molecule has 178 valence electrons. The Balaban J connectivity index is 0.000000868. The quantitative estimate of drug-likeness (QED) is 0.441. The molecule has 0 spiro atoms. The summed E-state index contributed by atoms with van der Waals surface area (Å²) in [7, 11) is 0. The van der Waals surface area contributed by atoms with Crippen LogP contribution in [0.15, 0.2) is 48.1 Å². The molecule has 1 aromatic carbocycles. The second kappa shape index (κ2) is 10.2. The number of piperidine rings is 1. The van der Waals surface area contributed by atoms with Crippen molar-refractivity contribution in [2.75, 3.05) is 23.3 Å². The van der Waals surface area contributed by atoms with Crippen molar-refractivity contribution in [3.05, 3.63) is 66.0 Å². The van der Waals surface area contributed by atoms with Crippen molar-refractivity contribution < 1.29 is 8.78 Å². The fraction of sp³-hybridized carbons (Fsp3) is 0.346. The summed E-state index contributed by atoms with van der Waals surface area (Å²) in [6.07, 6.45) is 7.03. The lowest BCUT2D eigenvalue weighted by Gasteiger charge is -2.32. The number of hydrogen-bond acceptors (Lipinski definition) is 5.